The van der Waals surface area contributed by atoms with Gasteiger partial charge in [-0.1, -0.05) is 42.4 Å². The highest BCUT2D eigenvalue weighted by atomic mass is 16.5. The van der Waals surface area contributed by atoms with Gasteiger partial charge in [-0.3, -0.25) is 9.59 Å². The van der Waals surface area contributed by atoms with Crippen LogP contribution in [0.2, 0.25) is 0 Å². The number of hydrogen-bond acceptors (Lipinski definition) is 4. The SMILES string of the molecule is CCc1cc(C(=O)Nc2ccccc2C(=O)N(C)c2ccccc2)on1. The molecule has 26 heavy (non-hydrogen) atoms. The Kier molecular flexibility index (Phi) is 5.12. The third-order valence-corrected chi connectivity index (χ3v) is 4.00. The number of rotatable bonds is 5. The molecule has 1 heterocycles. The van der Waals surface area contributed by atoms with Gasteiger partial charge in [0.2, 0.25) is 5.76 Å². The first-order chi connectivity index (χ1) is 12.6. The van der Waals surface area contributed by atoms with Crippen molar-refractivity contribution in [3.8, 4) is 0 Å². The normalized spacial score (nSPS) is 10.4. The molecule has 1 aromatic heterocycles. The van der Waals surface area contributed by atoms with Crippen molar-refractivity contribution in [3.05, 3.63) is 77.7 Å². The molecule has 0 aliphatic heterocycles. The fourth-order valence-corrected chi connectivity index (χ4v) is 2.50. The van der Waals surface area contributed by atoms with Gasteiger partial charge in [0.05, 0.1) is 16.9 Å². The predicted octanol–water partition coefficient (Wildman–Crippen LogP) is 3.77. The second kappa shape index (κ2) is 7.65. The summed E-state index contributed by atoms with van der Waals surface area (Å²) >= 11 is 0. The van der Waals surface area contributed by atoms with Crippen LogP contribution in [0, 0.1) is 0 Å². The summed E-state index contributed by atoms with van der Waals surface area (Å²) in [5.74, 6) is -0.556. The van der Waals surface area contributed by atoms with E-state index in [-0.39, 0.29) is 11.7 Å². The van der Waals surface area contributed by atoms with E-state index in [1.54, 1.807) is 37.4 Å². The Hall–Kier alpha value is -3.41. The van der Waals surface area contributed by atoms with E-state index in [2.05, 4.69) is 10.5 Å². The van der Waals surface area contributed by atoms with Gasteiger partial charge in [0.25, 0.3) is 11.8 Å². The summed E-state index contributed by atoms with van der Waals surface area (Å²) in [6.45, 7) is 1.92. The largest absolute Gasteiger partial charge is 0.351 e. The van der Waals surface area contributed by atoms with Crippen LogP contribution in [0.1, 0.15) is 33.5 Å². The number of benzene rings is 2. The van der Waals surface area contributed by atoms with Crippen molar-refractivity contribution in [2.24, 2.45) is 0 Å². The average Bonchev–Trinajstić information content (AvgIpc) is 3.17. The Morgan fingerprint density at radius 1 is 1.08 bits per heavy atom. The molecule has 132 valence electrons. The van der Waals surface area contributed by atoms with Gasteiger partial charge >= 0.3 is 0 Å². The molecule has 0 saturated carbocycles. The number of amides is 2. The predicted molar refractivity (Wildman–Crippen MR) is 99.5 cm³/mol. The number of carbonyl (C=O) groups is 2. The molecule has 6 nitrogen and oxygen atoms in total. The molecule has 0 aliphatic rings. The maximum Gasteiger partial charge on any atom is 0.294 e. The first kappa shape index (κ1) is 17.4. The van der Waals surface area contributed by atoms with Gasteiger partial charge in [0.1, 0.15) is 0 Å². The molecule has 0 unspecified atom stereocenters. The number of para-hydroxylation sites is 2. The number of nitrogens with one attached hydrogen (secondary N) is 1. The lowest BCUT2D eigenvalue weighted by Gasteiger charge is -2.19. The van der Waals surface area contributed by atoms with Crippen LogP contribution in [0.4, 0.5) is 11.4 Å². The molecule has 3 aromatic rings. The molecule has 0 bridgehead atoms. The highest BCUT2D eigenvalue weighted by Gasteiger charge is 2.20. The van der Waals surface area contributed by atoms with Crippen LogP contribution in [-0.4, -0.2) is 24.0 Å². The molecule has 0 radical (unpaired) electrons. The van der Waals surface area contributed by atoms with Crippen LogP contribution in [0.5, 0.6) is 0 Å². The van der Waals surface area contributed by atoms with E-state index in [4.69, 9.17) is 4.52 Å². The van der Waals surface area contributed by atoms with Gasteiger partial charge in [-0.2, -0.15) is 0 Å². The van der Waals surface area contributed by atoms with Crippen LogP contribution < -0.4 is 10.2 Å². The Balaban J connectivity index is 1.83. The number of aromatic nitrogens is 1. The van der Waals surface area contributed by atoms with Crippen molar-refractivity contribution in [2.75, 3.05) is 17.3 Å². The number of aryl methyl sites for hydroxylation is 1. The smallest absolute Gasteiger partial charge is 0.294 e. The molecule has 1 N–H and O–H groups in total. The van der Waals surface area contributed by atoms with Gasteiger partial charge < -0.3 is 14.7 Å². The molecule has 2 amide bonds. The lowest BCUT2D eigenvalue weighted by molar-refractivity contribution is 0.0988. The summed E-state index contributed by atoms with van der Waals surface area (Å²) in [7, 11) is 1.69. The zero-order valence-corrected chi connectivity index (χ0v) is 14.6. The molecule has 6 heteroatoms. The molecular formula is C20H19N3O3. The monoisotopic (exact) mass is 349 g/mol. The maximum atomic E-state index is 12.9. The third kappa shape index (κ3) is 3.64. The zero-order valence-electron chi connectivity index (χ0n) is 14.6. The summed E-state index contributed by atoms with van der Waals surface area (Å²) in [5, 5.41) is 6.54. The first-order valence-corrected chi connectivity index (χ1v) is 8.29. The van der Waals surface area contributed by atoms with Crippen LogP contribution in [0.25, 0.3) is 0 Å². The Labute approximate surface area is 151 Å². The first-order valence-electron chi connectivity index (χ1n) is 8.29. The third-order valence-electron chi connectivity index (χ3n) is 4.00. The second-order valence-electron chi connectivity index (χ2n) is 5.74. The van der Waals surface area contributed by atoms with Crippen LogP contribution >= 0.6 is 0 Å². The van der Waals surface area contributed by atoms with E-state index in [9.17, 15) is 9.59 Å². The molecule has 0 atom stereocenters. The van der Waals surface area contributed by atoms with Gasteiger partial charge in [-0.05, 0) is 30.7 Å². The fraction of sp³-hybridized carbons (Fsp3) is 0.150. The highest BCUT2D eigenvalue weighted by Crippen LogP contribution is 2.21. The van der Waals surface area contributed by atoms with Gasteiger partial charge in [0.15, 0.2) is 0 Å². The second-order valence-corrected chi connectivity index (χ2v) is 5.74. The lowest BCUT2D eigenvalue weighted by atomic mass is 10.1. The van der Waals surface area contributed by atoms with Gasteiger partial charge in [-0.25, -0.2) is 0 Å². The van der Waals surface area contributed by atoms with Crippen LogP contribution in [-0.2, 0) is 6.42 Å². The van der Waals surface area contributed by atoms with Crippen molar-refractivity contribution in [1.82, 2.24) is 5.16 Å². The molecule has 3 rings (SSSR count). The minimum atomic E-state index is -0.445. The summed E-state index contributed by atoms with van der Waals surface area (Å²) in [6, 6.07) is 17.8. The van der Waals surface area contributed by atoms with Crippen LogP contribution in [0.3, 0.4) is 0 Å². The van der Waals surface area contributed by atoms with Crippen molar-refractivity contribution in [2.45, 2.75) is 13.3 Å². The highest BCUT2D eigenvalue weighted by molar-refractivity contribution is 6.12. The van der Waals surface area contributed by atoms with E-state index in [1.165, 1.54) is 4.90 Å². The number of hydrogen-bond donors (Lipinski definition) is 1. The number of carbonyl (C=O) groups excluding carboxylic acids is 2. The Morgan fingerprint density at radius 3 is 2.46 bits per heavy atom. The fourth-order valence-electron chi connectivity index (χ4n) is 2.50. The van der Waals surface area contributed by atoms with E-state index >= 15 is 0 Å². The van der Waals surface area contributed by atoms with E-state index in [0.29, 0.717) is 23.4 Å². The van der Waals surface area contributed by atoms with Crippen molar-refractivity contribution >= 4 is 23.2 Å². The maximum absolute atomic E-state index is 12.9. The standard InChI is InChI=1S/C20H19N3O3/c1-3-14-13-18(26-22-14)19(24)21-17-12-8-7-11-16(17)20(25)23(2)15-9-5-4-6-10-15/h4-13H,3H2,1-2H3,(H,21,24). The minimum Gasteiger partial charge on any atom is -0.351 e. The van der Waals surface area contributed by atoms with Crippen LogP contribution in [0.15, 0.2) is 65.2 Å². The summed E-state index contributed by atoms with van der Waals surface area (Å²) in [6.07, 6.45) is 0.674. The lowest BCUT2D eigenvalue weighted by Crippen LogP contribution is -2.27. The molecule has 0 fully saturated rings. The van der Waals surface area contributed by atoms with E-state index in [0.717, 1.165) is 5.69 Å². The molecular weight excluding hydrogens is 330 g/mol. The quantitative estimate of drug-likeness (QED) is 0.761. The topological polar surface area (TPSA) is 75.4 Å². The molecule has 0 spiro atoms. The van der Waals surface area contributed by atoms with Crippen molar-refractivity contribution in [1.29, 1.82) is 0 Å². The van der Waals surface area contributed by atoms with Gasteiger partial charge in [-0.15, -0.1) is 0 Å². The summed E-state index contributed by atoms with van der Waals surface area (Å²) in [4.78, 5) is 26.8. The number of nitrogens with zero attached hydrogens (tertiary/aromatic N) is 2. The van der Waals surface area contributed by atoms with Gasteiger partial charge in [0, 0.05) is 18.8 Å². The van der Waals surface area contributed by atoms with Crippen molar-refractivity contribution < 1.29 is 14.1 Å². The van der Waals surface area contributed by atoms with E-state index in [1.807, 2.05) is 37.3 Å². The molecule has 2 aromatic carbocycles. The average molecular weight is 349 g/mol. The number of anilines is 2. The molecule has 0 aliphatic carbocycles. The minimum absolute atomic E-state index is 0.112. The summed E-state index contributed by atoms with van der Waals surface area (Å²) < 4.78 is 5.05. The summed E-state index contributed by atoms with van der Waals surface area (Å²) in [5.41, 5.74) is 2.27. The van der Waals surface area contributed by atoms with Crippen molar-refractivity contribution in [3.63, 3.8) is 0 Å². The molecule has 0 saturated heterocycles. The van der Waals surface area contributed by atoms with E-state index < -0.39 is 5.91 Å². The Morgan fingerprint density at radius 2 is 1.77 bits per heavy atom. The Bertz CT molecular complexity index is 919. The zero-order chi connectivity index (χ0) is 18.5.